The molecule has 1 aliphatic heterocycles. The number of anilines is 2. The number of benzene rings is 1. The molecule has 9 heteroatoms. The molecule has 1 aliphatic rings. The van der Waals surface area contributed by atoms with Crippen LogP contribution in [-0.4, -0.2) is 62.6 Å². The summed E-state index contributed by atoms with van der Waals surface area (Å²) in [6, 6.07) is 6.70. The molecule has 1 aromatic carbocycles. The van der Waals surface area contributed by atoms with Gasteiger partial charge in [0.1, 0.15) is 5.75 Å². The summed E-state index contributed by atoms with van der Waals surface area (Å²) in [5, 5.41) is 26.7. The fourth-order valence-corrected chi connectivity index (χ4v) is 2.44. The van der Waals surface area contributed by atoms with Crippen molar-refractivity contribution < 1.29 is 15.0 Å². The summed E-state index contributed by atoms with van der Waals surface area (Å²) in [5.41, 5.74) is 6.32. The summed E-state index contributed by atoms with van der Waals surface area (Å²) >= 11 is 0. The summed E-state index contributed by atoms with van der Waals surface area (Å²) in [6.07, 6.45) is -0.937. The lowest BCUT2D eigenvalue weighted by molar-refractivity contribution is 0.142. The van der Waals surface area contributed by atoms with E-state index < -0.39 is 6.09 Å². The summed E-state index contributed by atoms with van der Waals surface area (Å²) < 4.78 is 0. The van der Waals surface area contributed by atoms with Gasteiger partial charge < -0.3 is 25.7 Å². The van der Waals surface area contributed by atoms with Gasteiger partial charge in [-0.25, -0.2) is 9.78 Å². The molecular weight excluding hydrogens is 300 g/mol. The second-order valence-corrected chi connectivity index (χ2v) is 5.12. The molecule has 0 saturated carbocycles. The van der Waals surface area contributed by atoms with Gasteiger partial charge in [-0.15, -0.1) is 10.2 Å². The number of nitrogen functional groups attached to an aromatic ring is 1. The van der Waals surface area contributed by atoms with Crippen LogP contribution in [0.1, 0.15) is 0 Å². The standard InChI is InChI=1S/C14H16N6O3/c15-11-13(19-5-7-20(8-6-19)14(22)23)16-12(18-17-11)9-3-1-2-4-10(9)21/h1-4,21H,5-8H2,(H2,15,17)(H,22,23). The number of piperazine rings is 1. The fourth-order valence-electron chi connectivity index (χ4n) is 2.44. The minimum Gasteiger partial charge on any atom is -0.507 e. The molecule has 0 radical (unpaired) electrons. The van der Waals surface area contributed by atoms with Gasteiger partial charge in [0, 0.05) is 26.2 Å². The van der Waals surface area contributed by atoms with E-state index in [9.17, 15) is 9.90 Å². The first-order valence-electron chi connectivity index (χ1n) is 7.07. The molecule has 9 nitrogen and oxygen atoms in total. The minimum absolute atomic E-state index is 0.0562. The molecule has 2 aromatic rings. The van der Waals surface area contributed by atoms with Crippen LogP contribution in [0.5, 0.6) is 5.75 Å². The number of amides is 1. The summed E-state index contributed by atoms with van der Waals surface area (Å²) in [6.45, 7) is 1.67. The molecule has 4 N–H and O–H groups in total. The number of rotatable bonds is 2. The highest BCUT2D eigenvalue weighted by Crippen LogP contribution is 2.28. The Bertz CT molecular complexity index is 730. The van der Waals surface area contributed by atoms with Gasteiger partial charge in [-0.05, 0) is 12.1 Å². The number of aromatic hydroxyl groups is 1. The molecule has 0 aliphatic carbocycles. The van der Waals surface area contributed by atoms with Gasteiger partial charge in [-0.2, -0.15) is 0 Å². The Kier molecular flexibility index (Phi) is 3.83. The lowest BCUT2D eigenvalue weighted by Crippen LogP contribution is -2.48. The molecule has 120 valence electrons. The molecule has 0 bridgehead atoms. The average Bonchev–Trinajstić information content (AvgIpc) is 2.56. The number of phenolic OH excluding ortho intramolecular Hbond substituents is 1. The molecule has 1 amide bonds. The fraction of sp³-hybridized carbons (Fsp3) is 0.286. The number of hydrogen-bond acceptors (Lipinski definition) is 7. The van der Waals surface area contributed by atoms with E-state index in [2.05, 4.69) is 15.2 Å². The Morgan fingerprint density at radius 3 is 2.48 bits per heavy atom. The van der Waals surface area contributed by atoms with Crippen LogP contribution in [0.25, 0.3) is 11.4 Å². The molecule has 2 heterocycles. The molecule has 23 heavy (non-hydrogen) atoms. The number of carboxylic acid groups (broad SMARTS) is 1. The summed E-state index contributed by atoms with van der Waals surface area (Å²) in [5.74, 6) is 0.949. The van der Waals surface area contributed by atoms with Gasteiger partial charge in [0.05, 0.1) is 5.56 Å². The van der Waals surface area contributed by atoms with Gasteiger partial charge in [0.2, 0.25) is 0 Å². The molecule has 0 spiro atoms. The maximum absolute atomic E-state index is 11.0. The van der Waals surface area contributed by atoms with Crippen molar-refractivity contribution in [1.82, 2.24) is 20.1 Å². The zero-order chi connectivity index (χ0) is 16.4. The topological polar surface area (TPSA) is 129 Å². The predicted octanol–water partition coefficient (Wildman–Crippen LogP) is 0.626. The van der Waals surface area contributed by atoms with E-state index in [4.69, 9.17) is 10.8 Å². The molecule has 1 saturated heterocycles. The Morgan fingerprint density at radius 1 is 1.13 bits per heavy atom. The monoisotopic (exact) mass is 316 g/mol. The number of phenols is 1. The summed E-state index contributed by atoms with van der Waals surface area (Å²) in [7, 11) is 0. The average molecular weight is 316 g/mol. The SMILES string of the molecule is Nc1nnc(-c2ccccc2O)nc1N1CCN(C(=O)O)CC1. The van der Waals surface area contributed by atoms with Crippen LogP contribution in [-0.2, 0) is 0 Å². The predicted molar refractivity (Wildman–Crippen MR) is 83.2 cm³/mol. The highest BCUT2D eigenvalue weighted by atomic mass is 16.4. The maximum Gasteiger partial charge on any atom is 0.407 e. The first-order valence-corrected chi connectivity index (χ1v) is 7.07. The molecule has 0 atom stereocenters. The van der Waals surface area contributed by atoms with Crippen LogP contribution in [0.15, 0.2) is 24.3 Å². The second kappa shape index (κ2) is 5.95. The van der Waals surface area contributed by atoms with Crippen molar-refractivity contribution in [3.63, 3.8) is 0 Å². The van der Waals surface area contributed by atoms with Gasteiger partial charge in [0.15, 0.2) is 17.5 Å². The van der Waals surface area contributed by atoms with Crippen LogP contribution in [0.3, 0.4) is 0 Å². The van der Waals surface area contributed by atoms with Gasteiger partial charge in [-0.3, -0.25) is 0 Å². The lowest BCUT2D eigenvalue weighted by atomic mass is 10.2. The number of aromatic nitrogens is 3. The highest BCUT2D eigenvalue weighted by molar-refractivity contribution is 5.68. The third-order valence-corrected chi connectivity index (χ3v) is 3.69. The molecule has 0 unspecified atom stereocenters. The number of para-hydroxylation sites is 1. The molecule has 3 rings (SSSR count). The van der Waals surface area contributed by atoms with Crippen molar-refractivity contribution in [2.24, 2.45) is 0 Å². The normalized spacial score (nSPS) is 14.8. The Balaban J connectivity index is 1.88. The van der Waals surface area contributed by atoms with E-state index in [1.807, 2.05) is 4.90 Å². The van der Waals surface area contributed by atoms with Crippen molar-refractivity contribution in [1.29, 1.82) is 0 Å². The van der Waals surface area contributed by atoms with Crippen molar-refractivity contribution in [2.45, 2.75) is 0 Å². The zero-order valence-corrected chi connectivity index (χ0v) is 12.3. The number of nitrogens with two attached hydrogens (primary N) is 1. The highest BCUT2D eigenvalue weighted by Gasteiger charge is 2.24. The van der Waals surface area contributed by atoms with E-state index in [-0.39, 0.29) is 17.4 Å². The lowest BCUT2D eigenvalue weighted by Gasteiger charge is -2.34. The number of nitrogens with zero attached hydrogens (tertiary/aromatic N) is 5. The van der Waals surface area contributed by atoms with Crippen molar-refractivity contribution in [3.05, 3.63) is 24.3 Å². The van der Waals surface area contributed by atoms with E-state index in [0.29, 0.717) is 37.6 Å². The van der Waals surface area contributed by atoms with E-state index in [1.54, 1.807) is 24.3 Å². The van der Waals surface area contributed by atoms with Crippen LogP contribution in [0.2, 0.25) is 0 Å². The maximum atomic E-state index is 11.0. The molecule has 1 aromatic heterocycles. The van der Waals surface area contributed by atoms with Crippen LogP contribution in [0, 0.1) is 0 Å². The first-order chi connectivity index (χ1) is 11.1. The number of hydrogen-bond donors (Lipinski definition) is 3. The molecular formula is C14H16N6O3. The quantitative estimate of drug-likeness (QED) is 0.735. The van der Waals surface area contributed by atoms with Crippen LogP contribution in [0.4, 0.5) is 16.4 Å². The van der Waals surface area contributed by atoms with Crippen molar-refractivity contribution in [3.8, 4) is 17.1 Å². The van der Waals surface area contributed by atoms with Crippen molar-refractivity contribution >= 4 is 17.7 Å². The van der Waals surface area contributed by atoms with E-state index in [1.165, 1.54) is 4.90 Å². The Hall–Kier alpha value is -3.10. The Morgan fingerprint density at radius 2 is 1.83 bits per heavy atom. The minimum atomic E-state index is -0.937. The van der Waals surface area contributed by atoms with Gasteiger partial charge in [-0.1, -0.05) is 12.1 Å². The summed E-state index contributed by atoms with van der Waals surface area (Å²) in [4.78, 5) is 18.6. The zero-order valence-electron chi connectivity index (χ0n) is 12.3. The number of carbonyl (C=O) groups is 1. The van der Waals surface area contributed by atoms with Crippen LogP contribution >= 0.6 is 0 Å². The third-order valence-electron chi connectivity index (χ3n) is 3.69. The Labute approximate surface area is 132 Å². The third kappa shape index (κ3) is 2.93. The van der Waals surface area contributed by atoms with Gasteiger partial charge >= 0.3 is 6.09 Å². The van der Waals surface area contributed by atoms with E-state index >= 15 is 0 Å². The smallest absolute Gasteiger partial charge is 0.407 e. The molecule has 1 fully saturated rings. The second-order valence-electron chi connectivity index (χ2n) is 5.12. The van der Waals surface area contributed by atoms with Gasteiger partial charge in [0.25, 0.3) is 0 Å². The van der Waals surface area contributed by atoms with E-state index in [0.717, 1.165) is 0 Å². The van der Waals surface area contributed by atoms with Crippen molar-refractivity contribution in [2.75, 3.05) is 36.8 Å². The first kappa shape index (κ1) is 14.8. The van der Waals surface area contributed by atoms with Crippen LogP contribution < -0.4 is 10.6 Å². The largest absolute Gasteiger partial charge is 0.507 e.